The molecule has 0 heterocycles. The predicted octanol–water partition coefficient (Wildman–Crippen LogP) is 3.30. The first-order valence-electron chi connectivity index (χ1n) is 5.69. The van der Waals surface area contributed by atoms with Crippen LogP contribution in [0, 0.1) is 21.7 Å². The van der Waals surface area contributed by atoms with Crippen LogP contribution >= 0.6 is 0 Å². The minimum atomic E-state index is -1.08. The zero-order valence-electron chi connectivity index (χ0n) is 10.2. The zero-order chi connectivity index (χ0) is 14.7. The number of nitro benzene ring substituents is 1. The molecule has 0 amide bonds. The molecule has 0 bridgehead atoms. The first-order valence-corrected chi connectivity index (χ1v) is 5.69. The van der Waals surface area contributed by atoms with Crippen LogP contribution in [0.5, 0.6) is 0 Å². The van der Waals surface area contributed by atoms with E-state index in [4.69, 9.17) is 0 Å². The summed E-state index contributed by atoms with van der Waals surface area (Å²) in [5, 5.41) is 10.6. The molecule has 0 aliphatic heterocycles. The predicted molar refractivity (Wildman–Crippen MR) is 67.5 cm³/mol. The smallest absolute Gasteiger partial charge is 0.270 e. The number of rotatable bonds is 4. The summed E-state index contributed by atoms with van der Waals surface area (Å²) in [7, 11) is 0. The summed E-state index contributed by atoms with van der Waals surface area (Å²) >= 11 is 0. The fourth-order valence-corrected chi connectivity index (χ4v) is 1.75. The number of hydrogen-bond donors (Lipinski definition) is 0. The SMILES string of the molecule is O=C(Cc1cccc(F)c1F)c1cccc([N+](=O)[O-])c1. The maximum absolute atomic E-state index is 13.4. The molecule has 0 radical (unpaired) electrons. The number of non-ortho nitro benzene ring substituents is 1. The summed E-state index contributed by atoms with van der Waals surface area (Å²) < 4.78 is 26.5. The van der Waals surface area contributed by atoms with Crippen molar-refractivity contribution in [2.45, 2.75) is 6.42 Å². The van der Waals surface area contributed by atoms with Gasteiger partial charge in [0.25, 0.3) is 5.69 Å². The lowest BCUT2D eigenvalue weighted by atomic mass is 10.0. The maximum atomic E-state index is 13.4. The fourth-order valence-electron chi connectivity index (χ4n) is 1.75. The average molecular weight is 277 g/mol. The Balaban J connectivity index is 2.26. The molecule has 6 heteroatoms. The second kappa shape index (κ2) is 5.56. The van der Waals surface area contributed by atoms with E-state index in [1.54, 1.807) is 0 Å². The number of halogens is 2. The largest absolute Gasteiger partial charge is 0.294 e. The summed E-state index contributed by atoms with van der Waals surface area (Å²) in [5.74, 6) is -2.63. The van der Waals surface area contributed by atoms with Gasteiger partial charge < -0.3 is 0 Å². The third-order valence-electron chi connectivity index (χ3n) is 2.76. The Morgan fingerprint density at radius 2 is 1.85 bits per heavy atom. The van der Waals surface area contributed by atoms with Crippen molar-refractivity contribution in [1.82, 2.24) is 0 Å². The number of Topliss-reactive ketones (excluding diaryl/α,β-unsaturated/α-hetero) is 1. The highest BCUT2D eigenvalue weighted by atomic mass is 19.2. The Hall–Kier alpha value is -2.63. The molecule has 0 aliphatic carbocycles. The number of benzene rings is 2. The van der Waals surface area contributed by atoms with Crippen molar-refractivity contribution < 1.29 is 18.5 Å². The van der Waals surface area contributed by atoms with Gasteiger partial charge in [-0.3, -0.25) is 14.9 Å². The van der Waals surface area contributed by atoms with Crippen LogP contribution in [-0.2, 0) is 6.42 Å². The molecular formula is C14H9F2NO3. The summed E-state index contributed by atoms with van der Waals surface area (Å²) in [6.07, 6.45) is -0.356. The molecule has 0 aromatic heterocycles. The van der Waals surface area contributed by atoms with Crippen LogP contribution < -0.4 is 0 Å². The van der Waals surface area contributed by atoms with E-state index in [2.05, 4.69) is 0 Å². The molecule has 0 N–H and O–H groups in total. The van der Waals surface area contributed by atoms with Gasteiger partial charge in [-0.1, -0.05) is 24.3 Å². The third kappa shape index (κ3) is 2.85. The number of nitrogens with zero attached hydrogens (tertiary/aromatic N) is 1. The van der Waals surface area contributed by atoms with E-state index in [0.717, 1.165) is 12.1 Å². The van der Waals surface area contributed by atoms with Crippen LogP contribution in [0.4, 0.5) is 14.5 Å². The van der Waals surface area contributed by atoms with E-state index in [1.807, 2.05) is 0 Å². The second-order valence-corrected chi connectivity index (χ2v) is 4.12. The molecule has 0 saturated heterocycles. The second-order valence-electron chi connectivity index (χ2n) is 4.12. The van der Waals surface area contributed by atoms with Gasteiger partial charge in [0.2, 0.25) is 0 Å². The van der Waals surface area contributed by atoms with Crippen molar-refractivity contribution in [3.8, 4) is 0 Å². The summed E-state index contributed by atoms with van der Waals surface area (Å²) in [6, 6.07) is 8.68. The Morgan fingerprint density at radius 1 is 1.15 bits per heavy atom. The van der Waals surface area contributed by atoms with Gasteiger partial charge in [0, 0.05) is 24.1 Å². The molecule has 0 atom stereocenters. The lowest BCUT2D eigenvalue weighted by Gasteiger charge is -2.03. The summed E-state index contributed by atoms with van der Waals surface area (Å²) in [6.45, 7) is 0. The van der Waals surface area contributed by atoms with E-state index in [0.29, 0.717) is 0 Å². The normalized spacial score (nSPS) is 10.3. The lowest BCUT2D eigenvalue weighted by Crippen LogP contribution is -2.06. The van der Waals surface area contributed by atoms with Gasteiger partial charge in [-0.05, 0) is 11.6 Å². The first kappa shape index (κ1) is 13.8. The molecule has 102 valence electrons. The van der Waals surface area contributed by atoms with Gasteiger partial charge in [0.05, 0.1) is 4.92 Å². The number of hydrogen-bond acceptors (Lipinski definition) is 3. The summed E-state index contributed by atoms with van der Waals surface area (Å²) in [4.78, 5) is 21.9. The number of carbonyl (C=O) groups excluding carboxylic acids is 1. The Labute approximate surface area is 112 Å². The van der Waals surface area contributed by atoms with Gasteiger partial charge in [-0.2, -0.15) is 0 Å². The quantitative estimate of drug-likeness (QED) is 0.489. The number of carbonyl (C=O) groups is 1. The highest BCUT2D eigenvalue weighted by Gasteiger charge is 2.15. The van der Waals surface area contributed by atoms with Crippen LogP contribution in [0.2, 0.25) is 0 Å². The van der Waals surface area contributed by atoms with E-state index < -0.39 is 22.3 Å². The molecule has 0 unspecified atom stereocenters. The highest BCUT2D eigenvalue weighted by Crippen LogP contribution is 2.17. The molecule has 0 aliphatic rings. The van der Waals surface area contributed by atoms with E-state index in [-0.39, 0.29) is 23.2 Å². The molecule has 4 nitrogen and oxygen atoms in total. The molecule has 2 aromatic rings. The van der Waals surface area contributed by atoms with Gasteiger partial charge in [-0.25, -0.2) is 8.78 Å². The van der Waals surface area contributed by atoms with Crippen molar-refractivity contribution in [2.24, 2.45) is 0 Å². The van der Waals surface area contributed by atoms with Gasteiger partial charge >= 0.3 is 0 Å². The van der Waals surface area contributed by atoms with Crippen molar-refractivity contribution >= 4 is 11.5 Å². The first-order chi connectivity index (χ1) is 9.49. The zero-order valence-corrected chi connectivity index (χ0v) is 10.2. The lowest BCUT2D eigenvalue weighted by molar-refractivity contribution is -0.384. The molecular weight excluding hydrogens is 268 g/mol. The van der Waals surface area contributed by atoms with Crippen LogP contribution in [-0.4, -0.2) is 10.7 Å². The minimum absolute atomic E-state index is 0.0819. The molecule has 20 heavy (non-hydrogen) atoms. The Morgan fingerprint density at radius 3 is 2.55 bits per heavy atom. The molecule has 0 fully saturated rings. The maximum Gasteiger partial charge on any atom is 0.270 e. The van der Waals surface area contributed by atoms with E-state index >= 15 is 0 Å². The van der Waals surface area contributed by atoms with E-state index in [9.17, 15) is 23.7 Å². The molecule has 0 saturated carbocycles. The van der Waals surface area contributed by atoms with Crippen LogP contribution in [0.25, 0.3) is 0 Å². The van der Waals surface area contributed by atoms with Crippen LogP contribution in [0.15, 0.2) is 42.5 Å². The molecule has 2 rings (SSSR count). The standard InChI is InChI=1S/C14H9F2NO3/c15-12-6-2-4-10(14(12)16)8-13(18)9-3-1-5-11(7-9)17(19)20/h1-7H,8H2. The number of nitro groups is 1. The van der Waals surface area contributed by atoms with E-state index in [1.165, 1.54) is 30.3 Å². The monoisotopic (exact) mass is 277 g/mol. The van der Waals surface area contributed by atoms with Gasteiger partial charge in [0.15, 0.2) is 17.4 Å². The Kier molecular flexibility index (Phi) is 3.84. The van der Waals surface area contributed by atoms with Crippen LogP contribution in [0.1, 0.15) is 15.9 Å². The number of ketones is 1. The van der Waals surface area contributed by atoms with Gasteiger partial charge in [0.1, 0.15) is 0 Å². The third-order valence-corrected chi connectivity index (χ3v) is 2.76. The molecule has 2 aromatic carbocycles. The Bertz CT molecular complexity index is 686. The summed E-state index contributed by atoms with van der Waals surface area (Å²) in [5.41, 5.74) is -0.222. The van der Waals surface area contributed by atoms with Crippen molar-refractivity contribution in [3.05, 3.63) is 75.3 Å². The fraction of sp³-hybridized carbons (Fsp3) is 0.0714. The van der Waals surface area contributed by atoms with Crippen molar-refractivity contribution in [2.75, 3.05) is 0 Å². The van der Waals surface area contributed by atoms with Gasteiger partial charge in [-0.15, -0.1) is 0 Å². The minimum Gasteiger partial charge on any atom is -0.294 e. The van der Waals surface area contributed by atoms with Crippen molar-refractivity contribution in [1.29, 1.82) is 0 Å². The topological polar surface area (TPSA) is 60.2 Å². The highest BCUT2D eigenvalue weighted by molar-refractivity contribution is 5.98. The van der Waals surface area contributed by atoms with Crippen LogP contribution in [0.3, 0.4) is 0 Å². The molecule has 0 spiro atoms. The average Bonchev–Trinajstić information content (AvgIpc) is 2.44. The van der Waals surface area contributed by atoms with Crippen molar-refractivity contribution in [3.63, 3.8) is 0 Å².